The zero-order chi connectivity index (χ0) is 14.0. The van der Waals surface area contributed by atoms with Crippen molar-refractivity contribution in [3.05, 3.63) is 28.2 Å². The number of hydrogen-bond donors (Lipinski definition) is 3. The number of aromatic hydroxyl groups is 1. The van der Waals surface area contributed by atoms with Crippen LogP contribution >= 0.6 is 15.9 Å². The van der Waals surface area contributed by atoms with Crippen LogP contribution in [0.3, 0.4) is 0 Å². The number of benzene rings is 1. The van der Waals surface area contributed by atoms with Crippen LogP contribution in [0.1, 0.15) is 29.6 Å². The number of carbonyl (C=O) groups is 2. The van der Waals surface area contributed by atoms with E-state index >= 15 is 0 Å². The molecule has 1 aromatic carbocycles. The van der Waals surface area contributed by atoms with Gasteiger partial charge in [0.25, 0.3) is 5.91 Å². The van der Waals surface area contributed by atoms with Gasteiger partial charge in [0.1, 0.15) is 5.75 Å². The Hall–Kier alpha value is -1.56. The Kier molecular flexibility index (Phi) is 4.09. The summed E-state index contributed by atoms with van der Waals surface area (Å²) in [5.41, 5.74) is 5.67. The molecule has 0 aromatic heterocycles. The third-order valence-electron chi connectivity index (χ3n) is 3.41. The predicted molar refractivity (Wildman–Crippen MR) is 73.6 cm³/mol. The number of hydrogen-bond acceptors (Lipinski definition) is 3. The van der Waals surface area contributed by atoms with Crippen LogP contribution in [-0.2, 0) is 4.79 Å². The number of phenolic OH excluding ortho intramolecular Hbond substituents is 1. The maximum Gasteiger partial charge on any atom is 0.251 e. The minimum Gasteiger partial charge on any atom is -0.507 e. The molecule has 19 heavy (non-hydrogen) atoms. The molecule has 102 valence electrons. The molecule has 0 unspecified atom stereocenters. The van der Waals surface area contributed by atoms with E-state index in [4.69, 9.17) is 5.73 Å². The molecule has 0 bridgehead atoms. The molecule has 0 radical (unpaired) electrons. The summed E-state index contributed by atoms with van der Waals surface area (Å²) < 4.78 is 0.528. The van der Waals surface area contributed by atoms with Crippen LogP contribution in [0.4, 0.5) is 0 Å². The maximum absolute atomic E-state index is 12.0. The van der Waals surface area contributed by atoms with Crippen molar-refractivity contribution >= 4 is 27.7 Å². The number of amides is 2. The van der Waals surface area contributed by atoms with Crippen LogP contribution in [0, 0.1) is 5.92 Å². The lowest BCUT2D eigenvalue weighted by molar-refractivity contribution is -0.122. The first-order chi connectivity index (χ1) is 8.99. The van der Waals surface area contributed by atoms with Gasteiger partial charge in [0.2, 0.25) is 5.91 Å². The molecule has 1 aliphatic carbocycles. The molecule has 2 rings (SSSR count). The van der Waals surface area contributed by atoms with Gasteiger partial charge in [-0.3, -0.25) is 9.59 Å². The van der Waals surface area contributed by atoms with Gasteiger partial charge in [0.05, 0.1) is 10.4 Å². The van der Waals surface area contributed by atoms with Crippen molar-refractivity contribution in [1.29, 1.82) is 0 Å². The van der Waals surface area contributed by atoms with Crippen molar-refractivity contribution in [2.45, 2.75) is 25.3 Å². The van der Waals surface area contributed by atoms with E-state index in [9.17, 15) is 14.7 Å². The van der Waals surface area contributed by atoms with Gasteiger partial charge in [0.15, 0.2) is 0 Å². The lowest BCUT2D eigenvalue weighted by Crippen LogP contribution is -2.42. The van der Waals surface area contributed by atoms with E-state index < -0.39 is 0 Å². The smallest absolute Gasteiger partial charge is 0.251 e. The van der Waals surface area contributed by atoms with Crippen molar-refractivity contribution in [2.75, 3.05) is 0 Å². The van der Waals surface area contributed by atoms with Gasteiger partial charge in [0, 0.05) is 11.6 Å². The third kappa shape index (κ3) is 3.07. The molecule has 1 aromatic rings. The van der Waals surface area contributed by atoms with E-state index in [0.717, 1.165) is 12.8 Å². The van der Waals surface area contributed by atoms with Gasteiger partial charge in [-0.25, -0.2) is 0 Å². The van der Waals surface area contributed by atoms with Crippen LogP contribution in [-0.4, -0.2) is 23.0 Å². The van der Waals surface area contributed by atoms with Gasteiger partial charge < -0.3 is 16.2 Å². The first-order valence-corrected chi connectivity index (χ1v) is 6.87. The molecule has 6 heteroatoms. The molecule has 0 spiro atoms. The second-order valence-corrected chi connectivity index (χ2v) is 5.54. The number of primary amides is 1. The number of rotatable bonds is 3. The van der Waals surface area contributed by atoms with E-state index in [1.165, 1.54) is 6.07 Å². The zero-order valence-electron chi connectivity index (χ0n) is 10.2. The Morgan fingerprint density at radius 1 is 1.37 bits per heavy atom. The molecular formula is C13H15BrN2O3. The molecule has 2 amide bonds. The van der Waals surface area contributed by atoms with Crippen LogP contribution in [0.2, 0.25) is 0 Å². The minimum atomic E-state index is -0.374. The molecule has 0 aliphatic heterocycles. The number of halogens is 1. The summed E-state index contributed by atoms with van der Waals surface area (Å²) in [5, 5.41) is 12.4. The first kappa shape index (κ1) is 13.9. The number of phenols is 1. The zero-order valence-corrected chi connectivity index (χ0v) is 11.8. The second kappa shape index (κ2) is 5.61. The number of carbonyl (C=O) groups excluding carboxylic acids is 2. The Morgan fingerprint density at radius 2 is 2.11 bits per heavy atom. The highest BCUT2D eigenvalue weighted by molar-refractivity contribution is 9.10. The quantitative estimate of drug-likeness (QED) is 0.786. The van der Waals surface area contributed by atoms with Gasteiger partial charge in [-0.15, -0.1) is 0 Å². The molecule has 4 N–H and O–H groups in total. The van der Waals surface area contributed by atoms with Crippen LogP contribution in [0.25, 0.3) is 0 Å². The summed E-state index contributed by atoms with van der Waals surface area (Å²) in [6.07, 6.45) is 2.35. The van der Waals surface area contributed by atoms with Crippen molar-refractivity contribution in [1.82, 2.24) is 5.32 Å². The highest BCUT2D eigenvalue weighted by atomic mass is 79.9. The molecule has 0 saturated heterocycles. The van der Waals surface area contributed by atoms with Crippen LogP contribution < -0.4 is 11.1 Å². The van der Waals surface area contributed by atoms with Gasteiger partial charge in [-0.2, -0.15) is 0 Å². The Labute approximate surface area is 119 Å². The minimum absolute atomic E-state index is 0.00511. The fraction of sp³-hybridized carbons (Fsp3) is 0.385. The van der Waals surface area contributed by atoms with Crippen LogP contribution in [0.5, 0.6) is 5.75 Å². The van der Waals surface area contributed by atoms with E-state index in [-0.39, 0.29) is 29.5 Å². The van der Waals surface area contributed by atoms with E-state index in [1.807, 2.05) is 0 Å². The molecule has 0 heterocycles. The largest absolute Gasteiger partial charge is 0.507 e. The molecule has 1 aliphatic rings. The highest BCUT2D eigenvalue weighted by Gasteiger charge is 2.32. The average molecular weight is 327 g/mol. The third-order valence-corrected chi connectivity index (χ3v) is 4.08. The Morgan fingerprint density at radius 3 is 2.74 bits per heavy atom. The Bertz CT molecular complexity index is 519. The fourth-order valence-electron chi connectivity index (χ4n) is 2.38. The summed E-state index contributed by atoms with van der Waals surface area (Å²) in [6.45, 7) is 0. The van der Waals surface area contributed by atoms with Gasteiger partial charge in [-0.05, 0) is 47.0 Å². The highest BCUT2D eigenvalue weighted by Crippen LogP contribution is 2.27. The van der Waals surface area contributed by atoms with E-state index in [2.05, 4.69) is 21.2 Å². The summed E-state index contributed by atoms with van der Waals surface area (Å²) in [7, 11) is 0. The summed E-state index contributed by atoms with van der Waals surface area (Å²) >= 11 is 3.15. The second-order valence-electron chi connectivity index (χ2n) is 4.69. The van der Waals surface area contributed by atoms with E-state index in [0.29, 0.717) is 16.5 Å². The summed E-state index contributed by atoms with van der Waals surface area (Å²) in [5.74, 6) is -0.971. The van der Waals surface area contributed by atoms with Gasteiger partial charge in [-0.1, -0.05) is 6.42 Å². The first-order valence-electron chi connectivity index (χ1n) is 6.07. The Balaban J connectivity index is 2.08. The standard InChI is InChI=1S/C13H15BrN2O3/c14-9-5-4-7(6-11(9)17)13(19)16-10-3-1-2-8(10)12(15)18/h4-6,8,10,17H,1-3H2,(H2,15,18)(H,16,19)/t8-,10-/m0/s1. The molecular weight excluding hydrogens is 312 g/mol. The normalized spacial score (nSPS) is 22.2. The monoisotopic (exact) mass is 326 g/mol. The average Bonchev–Trinajstić information content (AvgIpc) is 2.80. The number of nitrogens with one attached hydrogen (secondary N) is 1. The molecule has 5 nitrogen and oxygen atoms in total. The van der Waals surface area contributed by atoms with Crippen molar-refractivity contribution in [3.8, 4) is 5.75 Å². The summed E-state index contributed by atoms with van der Waals surface area (Å²) in [6, 6.07) is 4.38. The lowest BCUT2D eigenvalue weighted by atomic mass is 10.0. The predicted octanol–water partition coefficient (Wildman–Crippen LogP) is 1.54. The number of nitrogens with two attached hydrogens (primary N) is 1. The SMILES string of the molecule is NC(=O)[C@H]1CCC[C@@H]1NC(=O)c1ccc(Br)c(O)c1. The lowest BCUT2D eigenvalue weighted by Gasteiger charge is -2.18. The van der Waals surface area contributed by atoms with Crippen LogP contribution in [0.15, 0.2) is 22.7 Å². The molecule has 1 saturated carbocycles. The fourth-order valence-corrected chi connectivity index (χ4v) is 2.63. The van der Waals surface area contributed by atoms with Crippen molar-refractivity contribution < 1.29 is 14.7 Å². The molecule has 2 atom stereocenters. The van der Waals surface area contributed by atoms with E-state index in [1.54, 1.807) is 12.1 Å². The van der Waals surface area contributed by atoms with Crippen molar-refractivity contribution in [2.24, 2.45) is 11.7 Å². The topological polar surface area (TPSA) is 92.4 Å². The summed E-state index contributed by atoms with van der Waals surface area (Å²) in [4.78, 5) is 23.3. The van der Waals surface area contributed by atoms with Gasteiger partial charge >= 0.3 is 0 Å². The maximum atomic E-state index is 12.0. The van der Waals surface area contributed by atoms with Crippen molar-refractivity contribution in [3.63, 3.8) is 0 Å². The molecule has 1 fully saturated rings.